The highest BCUT2D eigenvalue weighted by atomic mass is 16.6. The largest absolute Gasteiger partial charge is 0.444 e. The Bertz CT molecular complexity index is 512. The minimum Gasteiger partial charge on any atom is -0.444 e. The Morgan fingerprint density at radius 2 is 1.79 bits per heavy atom. The molecule has 0 fully saturated rings. The van der Waals surface area contributed by atoms with Crippen LogP contribution < -0.4 is 15.5 Å². The third-order valence-corrected chi connectivity index (χ3v) is 3.22. The van der Waals surface area contributed by atoms with Crippen LogP contribution >= 0.6 is 0 Å². The van der Waals surface area contributed by atoms with E-state index < -0.39 is 11.7 Å². The molecule has 0 aliphatic rings. The number of nitrogens with one attached hydrogen (secondary N) is 2. The molecule has 0 spiro atoms. The fourth-order valence-electron chi connectivity index (χ4n) is 2.14. The van der Waals surface area contributed by atoms with Crippen molar-refractivity contribution in [1.82, 2.24) is 10.6 Å². The van der Waals surface area contributed by atoms with Crippen LogP contribution in [0.2, 0.25) is 0 Å². The van der Waals surface area contributed by atoms with Crippen molar-refractivity contribution in [2.75, 3.05) is 31.1 Å². The molecule has 0 aromatic heterocycles. The first-order valence-electron chi connectivity index (χ1n) is 8.35. The summed E-state index contributed by atoms with van der Waals surface area (Å²) in [6.07, 6.45) is 0.250. The average molecular weight is 335 g/mol. The maximum atomic E-state index is 11.7. The molecule has 0 unspecified atom stereocenters. The zero-order valence-electron chi connectivity index (χ0n) is 15.1. The molecule has 1 aromatic carbocycles. The van der Waals surface area contributed by atoms with E-state index in [1.807, 2.05) is 18.2 Å². The van der Waals surface area contributed by atoms with Gasteiger partial charge in [-0.1, -0.05) is 18.2 Å². The summed E-state index contributed by atoms with van der Waals surface area (Å²) < 4.78 is 5.07. The average Bonchev–Trinajstić information content (AvgIpc) is 2.52. The summed E-state index contributed by atoms with van der Waals surface area (Å²) in [5.41, 5.74) is 0.611. The van der Waals surface area contributed by atoms with E-state index in [0.29, 0.717) is 6.54 Å². The summed E-state index contributed by atoms with van der Waals surface area (Å²) in [7, 11) is 0. The quantitative estimate of drug-likeness (QED) is 0.716. The number of amides is 2. The number of ether oxygens (including phenoxy) is 1. The van der Waals surface area contributed by atoms with Crippen LogP contribution in [0.3, 0.4) is 0 Å². The fourth-order valence-corrected chi connectivity index (χ4v) is 2.14. The topological polar surface area (TPSA) is 70.7 Å². The molecule has 0 saturated carbocycles. The van der Waals surface area contributed by atoms with Crippen molar-refractivity contribution in [3.05, 3.63) is 30.3 Å². The van der Waals surface area contributed by atoms with Gasteiger partial charge in [0.05, 0.1) is 6.54 Å². The van der Waals surface area contributed by atoms with Gasteiger partial charge in [-0.3, -0.25) is 4.79 Å². The molecule has 6 nitrogen and oxygen atoms in total. The first-order chi connectivity index (χ1) is 11.3. The number of para-hydroxylation sites is 1. The summed E-state index contributed by atoms with van der Waals surface area (Å²) in [4.78, 5) is 25.4. The molecule has 0 saturated heterocycles. The van der Waals surface area contributed by atoms with E-state index >= 15 is 0 Å². The number of carbonyl (C=O) groups excluding carboxylic acids is 2. The van der Waals surface area contributed by atoms with E-state index in [1.54, 1.807) is 20.8 Å². The monoisotopic (exact) mass is 335 g/mol. The zero-order chi connectivity index (χ0) is 18.0. The lowest BCUT2D eigenvalue weighted by Crippen LogP contribution is -2.40. The Labute approximate surface area is 144 Å². The lowest BCUT2D eigenvalue weighted by atomic mass is 10.2. The maximum Gasteiger partial charge on any atom is 0.408 e. The molecule has 1 rings (SSSR count). The predicted octanol–water partition coefficient (Wildman–Crippen LogP) is 2.54. The lowest BCUT2D eigenvalue weighted by Gasteiger charge is -2.23. The first kappa shape index (κ1) is 19.8. The molecule has 0 atom stereocenters. The first-order valence-corrected chi connectivity index (χ1v) is 8.35. The van der Waals surface area contributed by atoms with Gasteiger partial charge in [0.25, 0.3) is 0 Å². The van der Waals surface area contributed by atoms with Crippen LogP contribution in [0.25, 0.3) is 0 Å². The highest BCUT2D eigenvalue weighted by Crippen LogP contribution is 2.12. The molecule has 0 heterocycles. The van der Waals surface area contributed by atoms with E-state index in [9.17, 15) is 9.59 Å². The van der Waals surface area contributed by atoms with Crippen LogP contribution in [0.5, 0.6) is 0 Å². The highest BCUT2D eigenvalue weighted by molar-refractivity contribution is 5.82. The van der Waals surface area contributed by atoms with Gasteiger partial charge < -0.3 is 20.3 Å². The van der Waals surface area contributed by atoms with E-state index in [1.165, 1.54) is 5.69 Å². The number of anilines is 1. The van der Waals surface area contributed by atoms with Gasteiger partial charge in [-0.05, 0) is 46.2 Å². The van der Waals surface area contributed by atoms with Gasteiger partial charge in [0.15, 0.2) is 0 Å². The van der Waals surface area contributed by atoms with Gasteiger partial charge >= 0.3 is 6.09 Å². The predicted molar refractivity (Wildman–Crippen MR) is 96.2 cm³/mol. The summed E-state index contributed by atoms with van der Waals surface area (Å²) in [6.45, 7) is 9.70. The minimum atomic E-state index is -0.584. The Balaban J connectivity index is 2.20. The third kappa shape index (κ3) is 8.41. The van der Waals surface area contributed by atoms with E-state index in [2.05, 4.69) is 34.6 Å². The van der Waals surface area contributed by atoms with Gasteiger partial charge in [-0.15, -0.1) is 0 Å². The van der Waals surface area contributed by atoms with Crippen molar-refractivity contribution in [3.8, 4) is 0 Å². The summed E-state index contributed by atoms with van der Waals surface area (Å²) in [6, 6.07) is 10.2. The second-order valence-corrected chi connectivity index (χ2v) is 6.47. The van der Waals surface area contributed by atoms with Gasteiger partial charge in [0.1, 0.15) is 5.60 Å². The number of nitrogens with zero attached hydrogens (tertiary/aromatic N) is 1. The smallest absolute Gasteiger partial charge is 0.408 e. The molecular weight excluding hydrogens is 306 g/mol. The molecule has 0 aliphatic heterocycles. The van der Waals surface area contributed by atoms with Crippen molar-refractivity contribution >= 4 is 17.7 Å². The molecule has 0 aliphatic carbocycles. The Hall–Kier alpha value is -2.24. The molecule has 24 heavy (non-hydrogen) atoms. The summed E-state index contributed by atoms with van der Waals surface area (Å²) >= 11 is 0. The molecule has 2 N–H and O–H groups in total. The van der Waals surface area contributed by atoms with Gasteiger partial charge in [-0.25, -0.2) is 4.79 Å². The molecular formula is C18H29N3O3. The van der Waals surface area contributed by atoms with Gasteiger partial charge in [-0.2, -0.15) is 0 Å². The number of alkyl carbamates (subject to hydrolysis) is 1. The van der Waals surface area contributed by atoms with Crippen LogP contribution in [-0.2, 0) is 9.53 Å². The second-order valence-electron chi connectivity index (χ2n) is 6.47. The van der Waals surface area contributed by atoms with Crippen molar-refractivity contribution in [2.45, 2.75) is 39.7 Å². The highest BCUT2D eigenvalue weighted by Gasteiger charge is 2.16. The molecule has 2 amide bonds. The normalized spacial score (nSPS) is 10.8. The molecule has 6 heteroatoms. The van der Waals surface area contributed by atoms with Gasteiger partial charge in [0, 0.05) is 25.3 Å². The third-order valence-electron chi connectivity index (χ3n) is 3.22. The minimum absolute atomic E-state index is 0.0783. The number of hydrogen-bond acceptors (Lipinski definition) is 4. The van der Waals surface area contributed by atoms with Gasteiger partial charge in [0.2, 0.25) is 5.91 Å². The van der Waals surface area contributed by atoms with Crippen LogP contribution in [0, 0.1) is 0 Å². The Kier molecular flexibility index (Phi) is 8.09. The van der Waals surface area contributed by atoms with Crippen LogP contribution in [-0.4, -0.2) is 43.8 Å². The second kappa shape index (κ2) is 9.80. The summed E-state index contributed by atoms with van der Waals surface area (Å²) in [5.74, 6) is -0.219. The standard InChI is InChI=1S/C18H29N3O3/c1-5-21(15-10-7-6-8-11-15)13-9-12-19-16(22)14-20-17(23)24-18(2,3)4/h6-8,10-11H,5,9,12-14H2,1-4H3,(H,19,22)(H,20,23). The molecule has 134 valence electrons. The van der Waals surface area contributed by atoms with Crippen molar-refractivity contribution < 1.29 is 14.3 Å². The molecule has 1 aromatic rings. The number of rotatable bonds is 8. The van der Waals surface area contributed by atoms with Crippen molar-refractivity contribution in [2.24, 2.45) is 0 Å². The fraction of sp³-hybridized carbons (Fsp3) is 0.556. The van der Waals surface area contributed by atoms with Crippen LogP contribution in [0.4, 0.5) is 10.5 Å². The van der Waals surface area contributed by atoms with Crippen LogP contribution in [0.1, 0.15) is 34.1 Å². The molecule has 0 bridgehead atoms. The number of carbonyl (C=O) groups is 2. The Morgan fingerprint density at radius 1 is 1.12 bits per heavy atom. The van der Waals surface area contributed by atoms with E-state index in [0.717, 1.165) is 19.5 Å². The van der Waals surface area contributed by atoms with E-state index in [4.69, 9.17) is 4.74 Å². The SMILES string of the molecule is CCN(CCCNC(=O)CNC(=O)OC(C)(C)C)c1ccccc1. The maximum absolute atomic E-state index is 11.7. The van der Waals surface area contributed by atoms with Crippen molar-refractivity contribution in [1.29, 1.82) is 0 Å². The number of hydrogen-bond donors (Lipinski definition) is 2. The van der Waals surface area contributed by atoms with E-state index in [-0.39, 0.29) is 12.5 Å². The van der Waals surface area contributed by atoms with Crippen molar-refractivity contribution in [3.63, 3.8) is 0 Å². The molecule has 0 radical (unpaired) electrons. The van der Waals surface area contributed by atoms with Crippen LogP contribution in [0.15, 0.2) is 30.3 Å². The summed E-state index contributed by atoms with van der Waals surface area (Å²) in [5, 5.41) is 5.24. The number of benzene rings is 1. The Morgan fingerprint density at radius 3 is 2.38 bits per heavy atom. The zero-order valence-corrected chi connectivity index (χ0v) is 15.1. The lowest BCUT2D eigenvalue weighted by molar-refractivity contribution is -0.120.